The van der Waals surface area contributed by atoms with Crippen molar-refractivity contribution in [3.05, 3.63) is 23.8 Å². The van der Waals surface area contributed by atoms with Crippen LogP contribution in [0, 0.1) is 6.92 Å². The second-order valence-electron chi connectivity index (χ2n) is 6.23. The van der Waals surface area contributed by atoms with Crippen molar-refractivity contribution in [1.82, 2.24) is 4.90 Å². The van der Waals surface area contributed by atoms with E-state index >= 15 is 0 Å². The van der Waals surface area contributed by atoms with Gasteiger partial charge in [0.1, 0.15) is 5.75 Å². The van der Waals surface area contributed by atoms with Gasteiger partial charge in [-0.2, -0.15) is 0 Å². The minimum Gasteiger partial charge on any atom is -0.478 e. The van der Waals surface area contributed by atoms with Gasteiger partial charge in [-0.1, -0.05) is 6.07 Å². The first kappa shape index (κ1) is 16.1. The summed E-state index contributed by atoms with van der Waals surface area (Å²) in [6, 6.07) is 5.40. The number of anilines is 1. The summed E-state index contributed by atoms with van der Waals surface area (Å²) in [6.07, 6.45) is 2.95. The molecule has 2 heterocycles. The summed E-state index contributed by atoms with van der Waals surface area (Å²) in [5, 5.41) is 0. The monoisotopic (exact) mass is 338 g/mol. The Kier molecular flexibility index (Phi) is 4.23. The summed E-state index contributed by atoms with van der Waals surface area (Å²) in [7, 11) is -3.42. The molecule has 0 spiro atoms. The highest BCUT2D eigenvalue weighted by atomic mass is 32.2. The number of sulfonamides is 1. The van der Waals surface area contributed by atoms with Gasteiger partial charge in [0.15, 0.2) is 6.10 Å². The fourth-order valence-electron chi connectivity index (χ4n) is 3.15. The van der Waals surface area contributed by atoms with E-state index in [-0.39, 0.29) is 12.5 Å². The summed E-state index contributed by atoms with van der Waals surface area (Å²) >= 11 is 0. The molecule has 0 N–H and O–H groups in total. The van der Waals surface area contributed by atoms with Crippen LogP contribution in [0.25, 0.3) is 0 Å². The first-order valence-electron chi connectivity index (χ1n) is 7.90. The molecule has 3 rings (SSSR count). The molecule has 1 unspecified atom stereocenters. The number of fused-ring (bicyclic) bond motifs is 1. The second kappa shape index (κ2) is 6.03. The molecule has 2 aliphatic heterocycles. The molecule has 1 amide bonds. The molecule has 0 radical (unpaired) electrons. The summed E-state index contributed by atoms with van der Waals surface area (Å²) < 4.78 is 31.5. The van der Waals surface area contributed by atoms with Gasteiger partial charge in [-0.05, 0) is 37.5 Å². The number of hydrogen-bond donors (Lipinski definition) is 0. The Bertz CT molecular complexity index is 711. The summed E-state index contributed by atoms with van der Waals surface area (Å²) in [5.41, 5.74) is 1.47. The lowest BCUT2D eigenvalue weighted by molar-refractivity contribution is -0.137. The van der Waals surface area contributed by atoms with Gasteiger partial charge in [-0.25, -0.2) is 8.42 Å². The maximum Gasteiger partial charge on any atom is 0.263 e. The quantitative estimate of drug-likeness (QED) is 0.820. The lowest BCUT2D eigenvalue weighted by atomic mass is 10.2. The van der Waals surface area contributed by atoms with Gasteiger partial charge in [0.25, 0.3) is 5.91 Å². The molecular weight excluding hydrogens is 316 g/mol. The van der Waals surface area contributed by atoms with E-state index in [9.17, 15) is 13.2 Å². The minimum atomic E-state index is -3.42. The molecule has 1 aromatic rings. The number of benzene rings is 1. The molecule has 0 saturated carbocycles. The molecule has 0 aliphatic carbocycles. The number of carbonyl (C=O) groups is 1. The Balaban J connectivity index is 1.93. The topological polar surface area (TPSA) is 66.9 Å². The second-order valence-corrected chi connectivity index (χ2v) is 8.14. The van der Waals surface area contributed by atoms with Crippen LogP contribution in [-0.4, -0.2) is 51.2 Å². The van der Waals surface area contributed by atoms with Gasteiger partial charge < -0.3 is 9.64 Å². The molecule has 126 valence electrons. The lowest BCUT2D eigenvalue weighted by Crippen LogP contribution is -2.41. The number of nitrogens with zero attached hydrogens (tertiary/aromatic N) is 2. The highest BCUT2D eigenvalue weighted by Gasteiger charge is 2.34. The summed E-state index contributed by atoms with van der Waals surface area (Å²) in [4.78, 5) is 14.4. The first-order chi connectivity index (χ1) is 10.9. The van der Waals surface area contributed by atoms with Crippen LogP contribution in [0.15, 0.2) is 18.2 Å². The van der Waals surface area contributed by atoms with Gasteiger partial charge >= 0.3 is 0 Å². The predicted molar refractivity (Wildman–Crippen MR) is 88.2 cm³/mol. The Morgan fingerprint density at radius 2 is 1.91 bits per heavy atom. The zero-order chi connectivity index (χ0) is 16.6. The van der Waals surface area contributed by atoms with Crippen LogP contribution in [0.3, 0.4) is 0 Å². The third-order valence-corrected chi connectivity index (χ3v) is 5.52. The Labute approximate surface area is 137 Å². The van der Waals surface area contributed by atoms with Crippen LogP contribution in [0.5, 0.6) is 5.75 Å². The van der Waals surface area contributed by atoms with Crippen LogP contribution >= 0.6 is 0 Å². The fraction of sp³-hybridized carbons (Fsp3) is 0.562. The highest BCUT2D eigenvalue weighted by molar-refractivity contribution is 7.92. The number of amides is 1. The molecular formula is C16H22N2O4S. The Morgan fingerprint density at radius 3 is 2.57 bits per heavy atom. The van der Waals surface area contributed by atoms with Gasteiger partial charge in [-0.3, -0.25) is 9.10 Å². The number of aryl methyl sites for hydroxylation is 1. The van der Waals surface area contributed by atoms with Gasteiger partial charge in [0.05, 0.1) is 11.9 Å². The van der Waals surface area contributed by atoms with Gasteiger partial charge in [0.2, 0.25) is 10.0 Å². The number of hydrogen-bond acceptors (Lipinski definition) is 4. The molecule has 1 aromatic carbocycles. The van der Waals surface area contributed by atoms with Crippen molar-refractivity contribution in [2.75, 3.05) is 30.2 Å². The van der Waals surface area contributed by atoms with Crippen LogP contribution in [0.2, 0.25) is 0 Å². The third-order valence-electron chi connectivity index (χ3n) is 4.34. The van der Waals surface area contributed by atoms with Crippen molar-refractivity contribution in [3.63, 3.8) is 0 Å². The van der Waals surface area contributed by atoms with E-state index in [1.54, 1.807) is 12.1 Å². The average Bonchev–Trinajstić information content (AvgIpc) is 2.93. The van der Waals surface area contributed by atoms with Crippen LogP contribution in [-0.2, 0) is 14.8 Å². The SMILES string of the molecule is Cc1ccc2c(c1)N(S(C)(=O)=O)CCC(C(=O)N1CCCC1)O2. The standard InChI is InChI=1S/C16H22N2O4S/c1-12-5-6-14-13(11-12)18(23(2,20)21)10-7-15(22-14)16(19)17-8-3-4-9-17/h5-6,11,15H,3-4,7-10H2,1-2H3. The molecule has 0 aromatic heterocycles. The summed E-state index contributed by atoms with van der Waals surface area (Å²) in [5.74, 6) is 0.417. The van der Waals surface area contributed by atoms with Crippen molar-refractivity contribution >= 4 is 21.6 Å². The van der Waals surface area contributed by atoms with Gasteiger partial charge in [0, 0.05) is 26.1 Å². The third kappa shape index (κ3) is 3.29. The molecule has 7 heteroatoms. The smallest absolute Gasteiger partial charge is 0.263 e. The molecule has 23 heavy (non-hydrogen) atoms. The number of carbonyl (C=O) groups excluding carboxylic acids is 1. The maximum absolute atomic E-state index is 12.6. The van der Waals surface area contributed by atoms with Crippen molar-refractivity contribution in [2.24, 2.45) is 0 Å². The van der Waals surface area contributed by atoms with E-state index in [4.69, 9.17) is 4.74 Å². The van der Waals surface area contributed by atoms with E-state index in [2.05, 4.69) is 0 Å². The normalized spacial score (nSPS) is 21.6. The van der Waals surface area contributed by atoms with E-state index in [0.717, 1.165) is 31.5 Å². The van der Waals surface area contributed by atoms with Crippen molar-refractivity contribution < 1.29 is 17.9 Å². The number of ether oxygens (including phenoxy) is 1. The fourth-order valence-corrected chi connectivity index (χ4v) is 4.09. The highest BCUT2D eigenvalue weighted by Crippen LogP contribution is 2.35. The molecule has 1 saturated heterocycles. The van der Waals surface area contributed by atoms with Gasteiger partial charge in [-0.15, -0.1) is 0 Å². The maximum atomic E-state index is 12.6. The summed E-state index contributed by atoms with van der Waals surface area (Å²) in [6.45, 7) is 3.67. The van der Waals surface area contributed by atoms with E-state index in [1.165, 1.54) is 10.6 Å². The molecule has 1 atom stereocenters. The number of rotatable bonds is 2. The zero-order valence-electron chi connectivity index (χ0n) is 13.5. The van der Waals surface area contributed by atoms with Crippen molar-refractivity contribution in [1.29, 1.82) is 0 Å². The van der Waals surface area contributed by atoms with E-state index in [0.29, 0.717) is 17.9 Å². The van der Waals surface area contributed by atoms with Crippen LogP contribution in [0.4, 0.5) is 5.69 Å². The van der Waals surface area contributed by atoms with Crippen LogP contribution < -0.4 is 9.04 Å². The molecule has 2 aliphatic rings. The Hall–Kier alpha value is -1.76. The van der Waals surface area contributed by atoms with Crippen molar-refractivity contribution in [3.8, 4) is 5.75 Å². The largest absolute Gasteiger partial charge is 0.478 e. The molecule has 6 nitrogen and oxygen atoms in total. The van der Waals surface area contributed by atoms with E-state index < -0.39 is 16.1 Å². The van der Waals surface area contributed by atoms with Crippen molar-refractivity contribution in [2.45, 2.75) is 32.3 Å². The predicted octanol–water partition coefficient (Wildman–Crippen LogP) is 1.53. The first-order valence-corrected chi connectivity index (χ1v) is 9.75. The molecule has 0 bridgehead atoms. The van der Waals surface area contributed by atoms with Crippen LogP contribution in [0.1, 0.15) is 24.8 Å². The lowest BCUT2D eigenvalue weighted by Gasteiger charge is -2.22. The zero-order valence-corrected chi connectivity index (χ0v) is 14.3. The molecule has 1 fully saturated rings. The minimum absolute atomic E-state index is 0.0376. The number of likely N-dealkylation sites (tertiary alicyclic amines) is 1. The van der Waals surface area contributed by atoms with E-state index in [1.807, 2.05) is 17.9 Å². The average molecular weight is 338 g/mol. The Morgan fingerprint density at radius 1 is 1.22 bits per heavy atom.